The molecule has 0 atom stereocenters. The maximum atomic E-state index is 12.2. The normalized spacial score (nSPS) is 10.4. The van der Waals surface area contributed by atoms with Crippen molar-refractivity contribution in [2.45, 2.75) is 26.3 Å². The van der Waals surface area contributed by atoms with E-state index in [0.29, 0.717) is 18.1 Å². The van der Waals surface area contributed by atoms with E-state index in [-0.39, 0.29) is 5.91 Å². The van der Waals surface area contributed by atoms with Gasteiger partial charge in [0.1, 0.15) is 5.82 Å². The van der Waals surface area contributed by atoms with Crippen LogP contribution in [-0.2, 0) is 13.0 Å². The van der Waals surface area contributed by atoms with Crippen molar-refractivity contribution in [1.82, 2.24) is 15.5 Å². The first-order valence-electron chi connectivity index (χ1n) is 9.16. The van der Waals surface area contributed by atoms with Gasteiger partial charge in [-0.1, -0.05) is 54.6 Å². The Morgan fingerprint density at radius 3 is 2.44 bits per heavy atom. The number of hydrogen-bond donors (Lipinski definition) is 2. The highest BCUT2D eigenvalue weighted by Gasteiger charge is 2.08. The van der Waals surface area contributed by atoms with Crippen molar-refractivity contribution in [2.24, 2.45) is 0 Å². The predicted octanol–water partition coefficient (Wildman–Crippen LogP) is 3.76. The lowest BCUT2D eigenvalue weighted by Crippen LogP contribution is -2.24. The maximum Gasteiger partial charge on any atom is 0.272 e. The number of carbonyl (C=O) groups is 1. The minimum absolute atomic E-state index is 0.221. The zero-order chi connectivity index (χ0) is 18.9. The molecule has 0 spiro atoms. The van der Waals surface area contributed by atoms with E-state index in [4.69, 9.17) is 0 Å². The predicted molar refractivity (Wildman–Crippen MR) is 108 cm³/mol. The Balaban J connectivity index is 1.43. The molecule has 0 radical (unpaired) electrons. The van der Waals surface area contributed by atoms with Gasteiger partial charge in [0.25, 0.3) is 5.91 Å². The first-order chi connectivity index (χ1) is 13.2. The molecule has 0 saturated heterocycles. The Morgan fingerprint density at radius 1 is 0.926 bits per heavy atom. The Bertz CT molecular complexity index is 863. The van der Waals surface area contributed by atoms with Crippen molar-refractivity contribution in [2.75, 3.05) is 11.9 Å². The molecular weight excluding hydrogens is 336 g/mol. The Kier molecular flexibility index (Phi) is 6.52. The average molecular weight is 360 g/mol. The third-order valence-electron chi connectivity index (χ3n) is 4.39. The number of benzene rings is 2. The van der Waals surface area contributed by atoms with Crippen LogP contribution in [0.4, 0.5) is 5.82 Å². The second kappa shape index (κ2) is 9.48. The average Bonchev–Trinajstić information content (AvgIpc) is 2.72. The zero-order valence-electron chi connectivity index (χ0n) is 15.5. The van der Waals surface area contributed by atoms with E-state index in [1.54, 1.807) is 12.1 Å². The van der Waals surface area contributed by atoms with Gasteiger partial charge in [-0.25, -0.2) is 0 Å². The molecule has 5 nitrogen and oxygen atoms in total. The van der Waals surface area contributed by atoms with Gasteiger partial charge in [0.05, 0.1) is 0 Å². The molecule has 0 aliphatic carbocycles. The third kappa shape index (κ3) is 5.64. The van der Waals surface area contributed by atoms with Gasteiger partial charge >= 0.3 is 0 Å². The fourth-order valence-electron chi connectivity index (χ4n) is 2.78. The van der Waals surface area contributed by atoms with Crippen LogP contribution in [0.15, 0.2) is 66.7 Å². The van der Waals surface area contributed by atoms with Crippen LogP contribution in [0.25, 0.3) is 0 Å². The van der Waals surface area contributed by atoms with Crippen LogP contribution >= 0.6 is 0 Å². The molecule has 2 aromatic carbocycles. The highest BCUT2D eigenvalue weighted by molar-refractivity contribution is 5.92. The number of nitrogens with one attached hydrogen (secondary N) is 2. The molecule has 5 heteroatoms. The fraction of sp³-hybridized carbons (Fsp3) is 0.227. The molecule has 0 fully saturated rings. The SMILES string of the molecule is Cc1ccccc1CNC(=O)c1ccc(NCCCc2ccccc2)nn1. The number of anilines is 1. The van der Waals surface area contributed by atoms with Crippen LogP contribution in [0.3, 0.4) is 0 Å². The Labute approximate surface area is 159 Å². The first-order valence-corrected chi connectivity index (χ1v) is 9.16. The summed E-state index contributed by atoms with van der Waals surface area (Å²) < 4.78 is 0. The van der Waals surface area contributed by atoms with Crippen LogP contribution in [-0.4, -0.2) is 22.6 Å². The summed E-state index contributed by atoms with van der Waals surface area (Å²) in [6.07, 6.45) is 2.02. The Morgan fingerprint density at radius 2 is 1.70 bits per heavy atom. The van der Waals surface area contributed by atoms with Crippen LogP contribution in [0, 0.1) is 6.92 Å². The highest BCUT2D eigenvalue weighted by Crippen LogP contribution is 2.08. The number of nitrogens with zero attached hydrogens (tertiary/aromatic N) is 2. The summed E-state index contributed by atoms with van der Waals surface area (Å²) in [5, 5.41) is 14.2. The molecular formula is C22H24N4O. The standard InChI is InChI=1S/C22H24N4O/c1-17-8-5-6-12-19(17)16-24-22(27)20-13-14-21(26-25-20)23-15-7-11-18-9-3-2-4-10-18/h2-6,8-10,12-14H,7,11,15-16H2,1H3,(H,23,26)(H,24,27). The number of aryl methyl sites for hydroxylation is 2. The molecule has 27 heavy (non-hydrogen) atoms. The highest BCUT2D eigenvalue weighted by atomic mass is 16.1. The third-order valence-corrected chi connectivity index (χ3v) is 4.39. The van der Waals surface area contributed by atoms with Gasteiger partial charge in [-0.2, -0.15) is 0 Å². The lowest BCUT2D eigenvalue weighted by atomic mass is 10.1. The summed E-state index contributed by atoms with van der Waals surface area (Å²) in [6.45, 7) is 3.31. The molecule has 138 valence electrons. The molecule has 0 unspecified atom stereocenters. The topological polar surface area (TPSA) is 66.9 Å². The summed E-state index contributed by atoms with van der Waals surface area (Å²) >= 11 is 0. The molecule has 1 amide bonds. The molecule has 1 aromatic heterocycles. The monoisotopic (exact) mass is 360 g/mol. The quantitative estimate of drug-likeness (QED) is 0.600. The Hall–Kier alpha value is -3.21. The molecule has 0 bridgehead atoms. The number of rotatable bonds is 8. The van der Waals surface area contributed by atoms with Gasteiger partial charge in [0.15, 0.2) is 5.69 Å². The number of carbonyl (C=O) groups excluding carboxylic acids is 1. The van der Waals surface area contributed by atoms with E-state index in [1.807, 2.05) is 37.3 Å². The van der Waals surface area contributed by atoms with E-state index in [2.05, 4.69) is 45.1 Å². The number of aromatic nitrogens is 2. The molecule has 3 aromatic rings. The summed E-state index contributed by atoms with van der Waals surface area (Å²) in [5.41, 5.74) is 3.89. The second-order valence-corrected chi connectivity index (χ2v) is 6.43. The van der Waals surface area contributed by atoms with Crippen molar-refractivity contribution >= 4 is 11.7 Å². The van der Waals surface area contributed by atoms with E-state index in [1.165, 1.54) is 5.56 Å². The molecule has 1 heterocycles. The smallest absolute Gasteiger partial charge is 0.272 e. The van der Waals surface area contributed by atoms with Crippen LogP contribution < -0.4 is 10.6 Å². The zero-order valence-corrected chi connectivity index (χ0v) is 15.5. The summed E-state index contributed by atoms with van der Waals surface area (Å²) in [6, 6.07) is 21.9. The number of amides is 1. The summed E-state index contributed by atoms with van der Waals surface area (Å²) in [4.78, 5) is 12.2. The van der Waals surface area contributed by atoms with Crippen molar-refractivity contribution in [3.8, 4) is 0 Å². The van der Waals surface area contributed by atoms with Crippen LogP contribution in [0.2, 0.25) is 0 Å². The van der Waals surface area contributed by atoms with Gasteiger partial charge in [-0.05, 0) is 48.6 Å². The van der Waals surface area contributed by atoms with Gasteiger partial charge < -0.3 is 10.6 Å². The van der Waals surface area contributed by atoms with Crippen LogP contribution in [0.1, 0.15) is 33.6 Å². The van der Waals surface area contributed by atoms with Gasteiger partial charge in [-0.3, -0.25) is 4.79 Å². The number of hydrogen-bond acceptors (Lipinski definition) is 4. The molecule has 2 N–H and O–H groups in total. The molecule has 0 aliphatic heterocycles. The fourth-order valence-corrected chi connectivity index (χ4v) is 2.78. The first kappa shape index (κ1) is 18.6. The van der Waals surface area contributed by atoms with Gasteiger partial charge in [-0.15, -0.1) is 10.2 Å². The summed E-state index contributed by atoms with van der Waals surface area (Å²) in [5.74, 6) is 0.458. The van der Waals surface area contributed by atoms with E-state index < -0.39 is 0 Å². The van der Waals surface area contributed by atoms with Crippen molar-refractivity contribution in [3.05, 3.63) is 89.1 Å². The lowest BCUT2D eigenvalue weighted by molar-refractivity contribution is 0.0945. The maximum absolute atomic E-state index is 12.2. The van der Waals surface area contributed by atoms with E-state index in [0.717, 1.165) is 30.5 Å². The summed E-state index contributed by atoms with van der Waals surface area (Å²) in [7, 11) is 0. The largest absolute Gasteiger partial charge is 0.369 e. The molecule has 0 aliphatic rings. The molecule has 3 rings (SSSR count). The minimum atomic E-state index is -0.221. The second-order valence-electron chi connectivity index (χ2n) is 6.43. The van der Waals surface area contributed by atoms with Crippen molar-refractivity contribution in [3.63, 3.8) is 0 Å². The van der Waals surface area contributed by atoms with E-state index >= 15 is 0 Å². The van der Waals surface area contributed by atoms with Crippen molar-refractivity contribution < 1.29 is 4.79 Å². The van der Waals surface area contributed by atoms with Crippen LogP contribution in [0.5, 0.6) is 0 Å². The van der Waals surface area contributed by atoms with Crippen molar-refractivity contribution in [1.29, 1.82) is 0 Å². The lowest BCUT2D eigenvalue weighted by Gasteiger charge is -2.08. The molecule has 0 saturated carbocycles. The van der Waals surface area contributed by atoms with E-state index in [9.17, 15) is 4.79 Å². The van der Waals surface area contributed by atoms with Gasteiger partial charge in [0.2, 0.25) is 0 Å². The van der Waals surface area contributed by atoms with Gasteiger partial charge in [0, 0.05) is 13.1 Å². The minimum Gasteiger partial charge on any atom is -0.369 e.